The van der Waals surface area contributed by atoms with Gasteiger partial charge in [-0.05, 0) is 30.7 Å². The van der Waals surface area contributed by atoms with Gasteiger partial charge in [0.15, 0.2) is 0 Å². The zero-order valence-electron chi connectivity index (χ0n) is 13.1. The van der Waals surface area contributed by atoms with E-state index in [-0.39, 0.29) is 11.7 Å². The van der Waals surface area contributed by atoms with Crippen LogP contribution < -0.4 is 15.0 Å². The molecule has 0 fully saturated rings. The topological polar surface area (TPSA) is 61.8 Å². The number of anilines is 1. The van der Waals surface area contributed by atoms with Crippen LogP contribution in [-0.4, -0.2) is 23.8 Å². The fourth-order valence-corrected chi connectivity index (χ4v) is 3.68. The minimum absolute atomic E-state index is 0.0603. The first-order valence-electron chi connectivity index (χ1n) is 7.60. The Kier molecular flexibility index (Phi) is 2.82. The number of rotatable bonds is 1. The molecule has 0 aliphatic carbocycles. The normalized spacial score (nSPS) is 21.8. The van der Waals surface area contributed by atoms with Gasteiger partial charge in [0.25, 0.3) is 5.91 Å². The highest BCUT2D eigenvalue weighted by molar-refractivity contribution is 6.02. The molecule has 2 aliphatic rings. The fourth-order valence-electron chi connectivity index (χ4n) is 3.68. The molecule has 1 amide bonds. The number of hydrogen-bond donors (Lipinski definition) is 2. The smallest absolute Gasteiger partial charge is 0.255 e. The number of phenols is 1. The second-order valence-electron chi connectivity index (χ2n) is 6.29. The van der Waals surface area contributed by atoms with Crippen LogP contribution in [0.3, 0.4) is 0 Å². The number of nitrogens with one attached hydrogen (secondary N) is 1. The highest BCUT2D eigenvalue weighted by Gasteiger charge is 2.44. The van der Waals surface area contributed by atoms with Gasteiger partial charge in [-0.25, -0.2) is 0 Å². The van der Waals surface area contributed by atoms with Crippen LogP contribution in [0, 0.1) is 0 Å². The van der Waals surface area contributed by atoms with Gasteiger partial charge in [-0.2, -0.15) is 0 Å². The number of methoxy groups -OCH3 is 1. The van der Waals surface area contributed by atoms with Crippen molar-refractivity contribution in [2.75, 3.05) is 12.0 Å². The monoisotopic (exact) mass is 310 g/mol. The molecular weight excluding hydrogens is 292 g/mol. The molecule has 23 heavy (non-hydrogen) atoms. The van der Waals surface area contributed by atoms with E-state index in [4.69, 9.17) is 4.74 Å². The SMILES string of the molecule is COc1cc(O)cc2c1CN1c3ccccc3C(=O)NC1(C)C2. The zero-order chi connectivity index (χ0) is 16.2. The number of para-hydroxylation sites is 1. The van der Waals surface area contributed by atoms with Gasteiger partial charge in [-0.15, -0.1) is 0 Å². The molecule has 5 nitrogen and oxygen atoms in total. The van der Waals surface area contributed by atoms with Crippen molar-refractivity contribution in [3.05, 3.63) is 53.1 Å². The van der Waals surface area contributed by atoms with Crippen molar-refractivity contribution in [1.29, 1.82) is 0 Å². The maximum absolute atomic E-state index is 12.4. The predicted octanol–water partition coefficient (Wildman–Crippen LogP) is 2.42. The average molecular weight is 310 g/mol. The highest BCUT2D eigenvalue weighted by Crippen LogP contribution is 2.42. The van der Waals surface area contributed by atoms with E-state index >= 15 is 0 Å². The van der Waals surface area contributed by atoms with Gasteiger partial charge >= 0.3 is 0 Å². The number of benzene rings is 2. The van der Waals surface area contributed by atoms with Crippen molar-refractivity contribution in [1.82, 2.24) is 5.32 Å². The third kappa shape index (κ3) is 1.96. The molecule has 1 unspecified atom stereocenters. The quantitative estimate of drug-likeness (QED) is 0.849. The van der Waals surface area contributed by atoms with Gasteiger partial charge in [0.2, 0.25) is 0 Å². The first kappa shape index (κ1) is 13.9. The van der Waals surface area contributed by atoms with Crippen molar-refractivity contribution in [3.8, 4) is 11.5 Å². The summed E-state index contributed by atoms with van der Waals surface area (Å²) in [5.74, 6) is 0.798. The summed E-state index contributed by atoms with van der Waals surface area (Å²) in [7, 11) is 1.61. The molecule has 5 heteroatoms. The number of fused-ring (bicyclic) bond motifs is 4. The second kappa shape index (κ2) is 4.65. The molecule has 2 heterocycles. The number of phenolic OH excluding ortho intramolecular Hbond substituents is 1. The summed E-state index contributed by atoms with van der Waals surface area (Å²) < 4.78 is 5.44. The fraction of sp³-hybridized carbons (Fsp3) is 0.278. The Morgan fingerprint density at radius 2 is 2.09 bits per heavy atom. The van der Waals surface area contributed by atoms with E-state index in [0.29, 0.717) is 24.3 Å². The van der Waals surface area contributed by atoms with Crippen LogP contribution in [0.5, 0.6) is 11.5 Å². The summed E-state index contributed by atoms with van der Waals surface area (Å²) in [5, 5.41) is 13.0. The molecule has 0 saturated carbocycles. The summed E-state index contributed by atoms with van der Waals surface area (Å²) >= 11 is 0. The third-order valence-corrected chi connectivity index (χ3v) is 4.77. The van der Waals surface area contributed by atoms with Gasteiger partial charge in [-0.3, -0.25) is 4.79 Å². The summed E-state index contributed by atoms with van der Waals surface area (Å²) in [6.45, 7) is 2.63. The number of amides is 1. The summed E-state index contributed by atoms with van der Waals surface area (Å²) in [5.41, 5.74) is 3.15. The largest absolute Gasteiger partial charge is 0.508 e. The lowest BCUT2D eigenvalue weighted by atomic mass is 9.86. The first-order chi connectivity index (χ1) is 11.0. The van der Waals surface area contributed by atoms with Crippen LogP contribution in [-0.2, 0) is 13.0 Å². The van der Waals surface area contributed by atoms with Crippen LogP contribution in [0.1, 0.15) is 28.4 Å². The minimum atomic E-state index is -0.517. The van der Waals surface area contributed by atoms with Gasteiger partial charge in [0.1, 0.15) is 17.2 Å². The van der Waals surface area contributed by atoms with Crippen molar-refractivity contribution in [2.24, 2.45) is 0 Å². The molecule has 0 spiro atoms. The molecule has 4 rings (SSSR count). The van der Waals surface area contributed by atoms with E-state index in [2.05, 4.69) is 10.2 Å². The van der Waals surface area contributed by atoms with Gasteiger partial charge in [0.05, 0.1) is 18.4 Å². The van der Waals surface area contributed by atoms with E-state index in [1.54, 1.807) is 19.2 Å². The Balaban J connectivity index is 1.89. The van der Waals surface area contributed by atoms with Gasteiger partial charge in [-0.1, -0.05) is 12.1 Å². The number of carbonyl (C=O) groups is 1. The van der Waals surface area contributed by atoms with Crippen LogP contribution in [0.25, 0.3) is 0 Å². The number of carbonyl (C=O) groups excluding carboxylic acids is 1. The Bertz CT molecular complexity index is 818. The van der Waals surface area contributed by atoms with Crippen LogP contribution in [0.15, 0.2) is 36.4 Å². The number of nitrogens with zero attached hydrogens (tertiary/aromatic N) is 1. The molecule has 0 radical (unpaired) electrons. The Hall–Kier alpha value is -2.69. The van der Waals surface area contributed by atoms with Crippen molar-refractivity contribution in [2.45, 2.75) is 25.6 Å². The number of hydrogen-bond acceptors (Lipinski definition) is 4. The molecule has 2 N–H and O–H groups in total. The van der Waals surface area contributed by atoms with Gasteiger partial charge in [0, 0.05) is 24.6 Å². The van der Waals surface area contributed by atoms with Crippen molar-refractivity contribution >= 4 is 11.6 Å². The van der Waals surface area contributed by atoms with Crippen molar-refractivity contribution < 1.29 is 14.6 Å². The van der Waals surface area contributed by atoms with Gasteiger partial charge < -0.3 is 20.1 Å². The Morgan fingerprint density at radius 1 is 1.30 bits per heavy atom. The lowest BCUT2D eigenvalue weighted by Crippen LogP contribution is -2.65. The minimum Gasteiger partial charge on any atom is -0.508 e. The van der Waals surface area contributed by atoms with Crippen LogP contribution in [0.4, 0.5) is 5.69 Å². The molecule has 118 valence electrons. The highest BCUT2D eigenvalue weighted by atomic mass is 16.5. The maximum Gasteiger partial charge on any atom is 0.255 e. The number of ether oxygens (including phenoxy) is 1. The maximum atomic E-state index is 12.4. The summed E-state index contributed by atoms with van der Waals surface area (Å²) in [4.78, 5) is 14.6. The van der Waals surface area contributed by atoms with Crippen LogP contribution >= 0.6 is 0 Å². The molecule has 2 aromatic carbocycles. The van der Waals surface area contributed by atoms with Crippen LogP contribution in [0.2, 0.25) is 0 Å². The lowest BCUT2D eigenvalue weighted by Gasteiger charge is -2.50. The number of aromatic hydroxyl groups is 1. The first-order valence-corrected chi connectivity index (χ1v) is 7.60. The third-order valence-electron chi connectivity index (χ3n) is 4.77. The predicted molar refractivity (Wildman–Crippen MR) is 86.9 cm³/mol. The van der Waals surface area contributed by atoms with E-state index in [1.807, 2.05) is 31.2 Å². The second-order valence-corrected chi connectivity index (χ2v) is 6.29. The summed E-state index contributed by atoms with van der Waals surface area (Å²) in [6, 6.07) is 11.0. The van der Waals surface area contributed by atoms with E-state index in [0.717, 1.165) is 16.8 Å². The molecule has 1 atom stereocenters. The molecule has 2 aliphatic heterocycles. The van der Waals surface area contributed by atoms with E-state index in [1.165, 1.54) is 0 Å². The van der Waals surface area contributed by atoms with E-state index < -0.39 is 5.66 Å². The molecule has 0 saturated heterocycles. The Labute approximate surface area is 134 Å². The standard InChI is InChI=1S/C18H18N2O3/c1-18-9-11-7-12(21)8-16(23-2)14(11)10-20(18)15-6-4-3-5-13(15)17(22)19-18/h3-8,21H,9-10H2,1-2H3,(H,19,22). The molecular formula is C18H18N2O3. The molecule has 0 aromatic heterocycles. The lowest BCUT2D eigenvalue weighted by molar-refractivity contribution is 0.0883. The molecule has 0 bridgehead atoms. The average Bonchev–Trinajstić information content (AvgIpc) is 2.52. The summed E-state index contributed by atoms with van der Waals surface area (Å²) in [6.07, 6.45) is 0.604. The van der Waals surface area contributed by atoms with Crippen molar-refractivity contribution in [3.63, 3.8) is 0 Å². The van der Waals surface area contributed by atoms with E-state index in [9.17, 15) is 9.90 Å². The Morgan fingerprint density at radius 3 is 2.87 bits per heavy atom. The zero-order valence-corrected chi connectivity index (χ0v) is 13.1. The molecule has 2 aromatic rings.